The van der Waals surface area contributed by atoms with Crippen molar-refractivity contribution >= 4 is 16.9 Å². The highest BCUT2D eigenvalue weighted by molar-refractivity contribution is 5.92. The molecule has 1 aliphatic heterocycles. The number of hydrogen-bond acceptors (Lipinski definition) is 5. The van der Waals surface area contributed by atoms with Crippen LogP contribution in [0.3, 0.4) is 0 Å². The van der Waals surface area contributed by atoms with Crippen LogP contribution >= 0.6 is 0 Å². The molecule has 2 aromatic rings. The number of rotatable bonds is 2. The average molecular weight is 271 g/mol. The zero-order valence-electron chi connectivity index (χ0n) is 11.4. The van der Waals surface area contributed by atoms with Crippen LogP contribution in [-0.2, 0) is 0 Å². The van der Waals surface area contributed by atoms with Crippen molar-refractivity contribution in [2.75, 3.05) is 20.1 Å². The largest absolute Gasteiger partial charge is 0.346 e. The molecule has 2 heterocycles. The first kappa shape index (κ1) is 12.9. The third-order valence-corrected chi connectivity index (χ3v) is 3.62. The van der Waals surface area contributed by atoms with Crippen LogP contribution in [0.4, 0.5) is 0 Å². The number of amides is 1. The van der Waals surface area contributed by atoms with E-state index in [2.05, 4.69) is 32.4 Å². The van der Waals surface area contributed by atoms with E-state index in [0.717, 1.165) is 25.9 Å². The number of benzene rings is 1. The average Bonchev–Trinajstić information content (AvgIpc) is 2.49. The molecule has 0 bridgehead atoms. The van der Waals surface area contributed by atoms with Gasteiger partial charge in [-0.05, 0) is 45.1 Å². The maximum Gasteiger partial charge on any atom is 0.291 e. The number of nitrogens with zero attached hydrogens (tertiary/aromatic N) is 4. The Balaban J connectivity index is 1.72. The van der Waals surface area contributed by atoms with E-state index in [1.807, 2.05) is 24.3 Å². The summed E-state index contributed by atoms with van der Waals surface area (Å²) >= 11 is 0. The van der Waals surface area contributed by atoms with Crippen LogP contribution in [0.5, 0.6) is 0 Å². The Morgan fingerprint density at radius 3 is 2.65 bits per heavy atom. The first-order valence-corrected chi connectivity index (χ1v) is 6.81. The van der Waals surface area contributed by atoms with Gasteiger partial charge in [-0.2, -0.15) is 0 Å². The van der Waals surface area contributed by atoms with Crippen LogP contribution in [-0.4, -0.2) is 52.2 Å². The van der Waals surface area contributed by atoms with Gasteiger partial charge in [-0.3, -0.25) is 4.79 Å². The lowest BCUT2D eigenvalue weighted by Crippen LogP contribution is -2.43. The second kappa shape index (κ2) is 5.50. The van der Waals surface area contributed by atoms with Crippen LogP contribution < -0.4 is 5.32 Å². The van der Waals surface area contributed by atoms with Crippen molar-refractivity contribution in [3.63, 3.8) is 0 Å². The first-order chi connectivity index (χ1) is 9.72. The van der Waals surface area contributed by atoms with Crippen molar-refractivity contribution in [1.29, 1.82) is 0 Å². The van der Waals surface area contributed by atoms with Gasteiger partial charge in [0, 0.05) is 6.04 Å². The van der Waals surface area contributed by atoms with Gasteiger partial charge < -0.3 is 10.2 Å². The molecular formula is C14H17N5O. The van der Waals surface area contributed by atoms with Crippen molar-refractivity contribution in [2.24, 2.45) is 0 Å². The molecule has 0 unspecified atom stereocenters. The molecule has 1 amide bonds. The highest BCUT2D eigenvalue weighted by Crippen LogP contribution is 2.10. The topological polar surface area (TPSA) is 71.0 Å². The fourth-order valence-corrected chi connectivity index (χ4v) is 2.38. The predicted molar refractivity (Wildman–Crippen MR) is 75.3 cm³/mol. The van der Waals surface area contributed by atoms with Crippen LogP contribution in [0.15, 0.2) is 24.3 Å². The normalized spacial score (nSPS) is 17.2. The fraction of sp³-hybridized carbons (Fsp3) is 0.429. The highest BCUT2D eigenvalue weighted by Gasteiger charge is 2.20. The Morgan fingerprint density at radius 2 is 1.90 bits per heavy atom. The molecule has 20 heavy (non-hydrogen) atoms. The molecule has 1 aromatic heterocycles. The van der Waals surface area contributed by atoms with Gasteiger partial charge >= 0.3 is 0 Å². The zero-order valence-corrected chi connectivity index (χ0v) is 11.4. The van der Waals surface area contributed by atoms with E-state index >= 15 is 0 Å². The SMILES string of the molecule is CN1CCC(NC(=O)c2nnc3ccccc3n2)CC1. The minimum absolute atomic E-state index is 0.141. The molecule has 3 rings (SSSR count). The lowest BCUT2D eigenvalue weighted by atomic mass is 10.1. The van der Waals surface area contributed by atoms with E-state index in [9.17, 15) is 4.79 Å². The fourth-order valence-electron chi connectivity index (χ4n) is 2.38. The Hall–Kier alpha value is -2.08. The molecule has 0 atom stereocenters. The smallest absolute Gasteiger partial charge is 0.291 e. The molecule has 104 valence electrons. The lowest BCUT2D eigenvalue weighted by Gasteiger charge is -2.29. The number of carbonyl (C=O) groups excluding carboxylic acids is 1. The number of piperidine rings is 1. The summed E-state index contributed by atoms with van der Waals surface area (Å²) in [5.74, 6) is -0.0968. The molecule has 6 heteroatoms. The van der Waals surface area contributed by atoms with Gasteiger partial charge in [-0.1, -0.05) is 12.1 Å². The molecule has 0 spiro atoms. The zero-order chi connectivity index (χ0) is 13.9. The van der Waals surface area contributed by atoms with Gasteiger partial charge in [-0.15, -0.1) is 10.2 Å². The van der Waals surface area contributed by atoms with Crippen LogP contribution in [0.1, 0.15) is 23.5 Å². The molecule has 1 saturated heterocycles. The maximum absolute atomic E-state index is 12.1. The number of likely N-dealkylation sites (tertiary alicyclic amines) is 1. The predicted octanol–water partition coefficient (Wildman–Crippen LogP) is 0.849. The Labute approximate surface area is 117 Å². The third kappa shape index (κ3) is 2.75. The quantitative estimate of drug-likeness (QED) is 0.876. The summed E-state index contributed by atoms with van der Waals surface area (Å²) in [6.07, 6.45) is 1.92. The summed E-state index contributed by atoms with van der Waals surface area (Å²) < 4.78 is 0. The van der Waals surface area contributed by atoms with Crippen LogP contribution in [0, 0.1) is 0 Å². The number of fused-ring (bicyclic) bond motifs is 1. The summed E-state index contributed by atoms with van der Waals surface area (Å²) in [6.45, 7) is 2.00. The monoisotopic (exact) mass is 271 g/mol. The molecule has 1 N–H and O–H groups in total. The van der Waals surface area contributed by atoms with Crippen molar-refractivity contribution in [1.82, 2.24) is 25.4 Å². The van der Waals surface area contributed by atoms with Crippen LogP contribution in [0.25, 0.3) is 11.0 Å². The van der Waals surface area contributed by atoms with E-state index < -0.39 is 0 Å². The molecule has 1 aliphatic rings. The Bertz CT molecular complexity index is 622. The number of carbonyl (C=O) groups is 1. The summed E-state index contributed by atoms with van der Waals surface area (Å²) in [5, 5.41) is 10.9. The molecule has 0 aliphatic carbocycles. The first-order valence-electron chi connectivity index (χ1n) is 6.81. The molecule has 0 saturated carbocycles. The van der Waals surface area contributed by atoms with E-state index in [0.29, 0.717) is 11.0 Å². The van der Waals surface area contributed by atoms with Gasteiger partial charge in [0.15, 0.2) is 0 Å². The summed E-state index contributed by atoms with van der Waals surface area (Å²) in [5.41, 5.74) is 1.39. The Kier molecular flexibility index (Phi) is 3.56. The second-order valence-electron chi connectivity index (χ2n) is 5.18. The van der Waals surface area contributed by atoms with Gasteiger partial charge in [-0.25, -0.2) is 4.98 Å². The van der Waals surface area contributed by atoms with Crippen molar-refractivity contribution < 1.29 is 4.79 Å². The highest BCUT2D eigenvalue weighted by atomic mass is 16.2. The van der Waals surface area contributed by atoms with E-state index in [1.54, 1.807) is 0 Å². The minimum atomic E-state index is -0.238. The molecule has 1 fully saturated rings. The second-order valence-corrected chi connectivity index (χ2v) is 5.18. The number of nitrogens with one attached hydrogen (secondary N) is 1. The maximum atomic E-state index is 12.1. The van der Waals surface area contributed by atoms with Gasteiger partial charge in [0.05, 0.1) is 5.52 Å². The molecule has 1 aromatic carbocycles. The van der Waals surface area contributed by atoms with Gasteiger partial charge in [0.1, 0.15) is 5.52 Å². The summed E-state index contributed by atoms with van der Waals surface area (Å²) in [4.78, 5) is 18.7. The van der Waals surface area contributed by atoms with Crippen LogP contribution in [0.2, 0.25) is 0 Å². The number of para-hydroxylation sites is 1. The minimum Gasteiger partial charge on any atom is -0.346 e. The van der Waals surface area contributed by atoms with Crippen molar-refractivity contribution in [3.8, 4) is 0 Å². The number of hydrogen-bond donors (Lipinski definition) is 1. The van der Waals surface area contributed by atoms with E-state index in [1.165, 1.54) is 0 Å². The van der Waals surface area contributed by atoms with E-state index in [4.69, 9.17) is 0 Å². The van der Waals surface area contributed by atoms with E-state index in [-0.39, 0.29) is 17.8 Å². The summed E-state index contributed by atoms with van der Waals surface area (Å²) in [6, 6.07) is 7.60. The summed E-state index contributed by atoms with van der Waals surface area (Å²) in [7, 11) is 2.09. The molecule has 6 nitrogen and oxygen atoms in total. The van der Waals surface area contributed by atoms with Gasteiger partial charge in [0.25, 0.3) is 5.91 Å². The lowest BCUT2D eigenvalue weighted by molar-refractivity contribution is 0.0905. The van der Waals surface area contributed by atoms with Gasteiger partial charge in [0.2, 0.25) is 5.82 Å². The number of aromatic nitrogens is 3. The van der Waals surface area contributed by atoms with Crippen molar-refractivity contribution in [3.05, 3.63) is 30.1 Å². The molecule has 0 radical (unpaired) electrons. The standard InChI is InChI=1S/C14H17N5O/c1-19-8-6-10(7-9-19)15-14(20)13-16-11-4-2-3-5-12(11)17-18-13/h2-5,10H,6-9H2,1H3,(H,15,20). The third-order valence-electron chi connectivity index (χ3n) is 3.62. The Morgan fingerprint density at radius 1 is 1.20 bits per heavy atom. The van der Waals surface area contributed by atoms with Crippen molar-refractivity contribution in [2.45, 2.75) is 18.9 Å². The molecular weight excluding hydrogens is 254 g/mol.